The molecule has 1 unspecified atom stereocenters. The van der Waals surface area contributed by atoms with E-state index in [1.54, 1.807) is 18.0 Å². The molecule has 2 amide bonds. The van der Waals surface area contributed by atoms with Gasteiger partial charge in [-0.3, -0.25) is 4.79 Å². The largest absolute Gasteiger partial charge is 0.444 e. The lowest BCUT2D eigenvalue weighted by Crippen LogP contribution is -2.45. The third kappa shape index (κ3) is 5.73. The Bertz CT molecular complexity index is 625. The summed E-state index contributed by atoms with van der Waals surface area (Å²) in [6.07, 6.45) is 1.61. The smallest absolute Gasteiger partial charge is 0.410 e. The van der Waals surface area contributed by atoms with Gasteiger partial charge in [0.15, 0.2) is 0 Å². The molecule has 1 fully saturated rings. The van der Waals surface area contributed by atoms with Crippen LogP contribution in [0, 0.1) is 12.8 Å². The van der Waals surface area contributed by atoms with Gasteiger partial charge in [-0.2, -0.15) is 0 Å². The number of hydrogen-bond acceptors (Lipinski definition) is 4. The van der Waals surface area contributed by atoms with Crippen LogP contribution in [0.1, 0.15) is 49.8 Å². The molecule has 138 valence electrons. The molecular weight excluding hydrogens is 318 g/mol. The summed E-state index contributed by atoms with van der Waals surface area (Å²) in [5, 5.41) is 0. The van der Waals surface area contributed by atoms with Crippen molar-refractivity contribution < 1.29 is 14.3 Å². The van der Waals surface area contributed by atoms with Gasteiger partial charge in [0.2, 0.25) is 0 Å². The van der Waals surface area contributed by atoms with E-state index in [0.717, 1.165) is 25.1 Å². The molecule has 6 heteroatoms. The molecule has 1 aromatic heterocycles. The molecule has 0 saturated carbocycles. The number of amides is 2. The van der Waals surface area contributed by atoms with E-state index in [4.69, 9.17) is 4.74 Å². The molecule has 0 aromatic carbocycles. The second-order valence-electron chi connectivity index (χ2n) is 7.78. The van der Waals surface area contributed by atoms with Crippen molar-refractivity contribution in [2.75, 3.05) is 26.7 Å². The summed E-state index contributed by atoms with van der Waals surface area (Å²) in [6.45, 7) is 9.41. The average Bonchev–Trinajstić information content (AvgIpc) is 2.52. The fraction of sp³-hybridized carbons (Fsp3) is 0.632. The van der Waals surface area contributed by atoms with Crippen LogP contribution in [0.25, 0.3) is 0 Å². The molecule has 2 heterocycles. The van der Waals surface area contributed by atoms with E-state index in [9.17, 15) is 9.59 Å². The molecule has 1 saturated heterocycles. The van der Waals surface area contributed by atoms with Crippen LogP contribution < -0.4 is 0 Å². The molecule has 0 aliphatic carbocycles. The second kappa shape index (κ2) is 7.85. The zero-order valence-electron chi connectivity index (χ0n) is 15.9. The third-order valence-corrected chi connectivity index (χ3v) is 4.15. The molecular formula is C19H29N3O3. The van der Waals surface area contributed by atoms with E-state index in [1.807, 2.05) is 44.7 Å². The molecule has 2 rings (SSSR count). The number of rotatable bonds is 3. The maximum Gasteiger partial charge on any atom is 0.410 e. The van der Waals surface area contributed by atoms with Crippen LogP contribution in [0.15, 0.2) is 18.2 Å². The third-order valence-electron chi connectivity index (χ3n) is 4.15. The average molecular weight is 347 g/mol. The van der Waals surface area contributed by atoms with Crippen molar-refractivity contribution in [3.8, 4) is 0 Å². The van der Waals surface area contributed by atoms with Gasteiger partial charge in [-0.05, 0) is 58.6 Å². The van der Waals surface area contributed by atoms with Crippen molar-refractivity contribution in [2.45, 2.75) is 46.1 Å². The monoisotopic (exact) mass is 347 g/mol. The topological polar surface area (TPSA) is 62.7 Å². The predicted octanol–water partition coefficient (Wildman–Crippen LogP) is 3.11. The summed E-state index contributed by atoms with van der Waals surface area (Å²) < 4.78 is 5.39. The van der Waals surface area contributed by atoms with Crippen molar-refractivity contribution in [3.05, 3.63) is 29.6 Å². The SMILES string of the molecule is Cc1cccc(C(=O)N2CCCC(CN(C)C(=O)OC(C)(C)C)C2)n1. The van der Waals surface area contributed by atoms with Crippen molar-refractivity contribution >= 4 is 12.0 Å². The van der Waals surface area contributed by atoms with E-state index in [0.29, 0.717) is 18.8 Å². The molecule has 1 atom stereocenters. The summed E-state index contributed by atoms with van der Waals surface area (Å²) in [5.74, 6) is 0.216. The first-order chi connectivity index (χ1) is 11.7. The van der Waals surface area contributed by atoms with Gasteiger partial charge >= 0.3 is 6.09 Å². The molecule has 25 heavy (non-hydrogen) atoms. The second-order valence-corrected chi connectivity index (χ2v) is 7.78. The highest BCUT2D eigenvalue weighted by Gasteiger charge is 2.28. The number of pyridine rings is 1. The van der Waals surface area contributed by atoms with E-state index in [1.165, 1.54) is 0 Å². The number of nitrogens with zero attached hydrogens (tertiary/aromatic N) is 3. The maximum absolute atomic E-state index is 12.7. The lowest BCUT2D eigenvalue weighted by Gasteiger charge is -2.35. The fourth-order valence-corrected chi connectivity index (χ4v) is 3.02. The molecule has 1 aromatic rings. The maximum atomic E-state index is 12.7. The van der Waals surface area contributed by atoms with Gasteiger partial charge in [0.25, 0.3) is 5.91 Å². The first-order valence-corrected chi connectivity index (χ1v) is 8.83. The van der Waals surface area contributed by atoms with Crippen LogP contribution in [0.3, 0.4) is 0 Å². The van der Waals surface area contributed by atoms with Crippen LogP contribution in [0.4, 0.5) is 4.79 Å². The highest BCUT2D eigenvalue weighted by molar-refractivity contribution is 5.92. The Kier molecular flexibility index (Phi) is 6.03. The lowest BCUT2D eigenvalue weighted by atomic mass is 9.97. The first kappa shape index (κ1) is 19.2. The van der Waals surface area contributed by atoms with E-state index in [-0.39, 0.29) is 17.9 Å². The number of aromatic nitrogens is 1. The van der Waals surface area contributed by atoms with Crippen LogP contribution in [0.2, 0.25) is 0 Å². The van der Waals surface area contributed by atoms with Crippen LogP contribution >= 0.6 is 0 Å². The van der Waals surface area contributed by atoms with E-state index in [2.05, 4.69) is 4.98 Å². The fourth-order valence-electron chi connectivity index (χ4n) is 3.02. The molecule has 6 nitrogen and oxygen atoms in total. The molecule has 0 radical (unpaired) electrons. The van der Waals surface area contributed by atoms with Crippen LogP contribution in [-0.2, 0) is 4.74 Å². The number of piperidine rings is 1. The standard InChI is InChI=1S/C19H29N3O3/c1-14-8-6-10-16(20-14)17(23)22-11-7-9-15(13-22)12-21(5)18(24)25-19(2,3)4/h6,8,10,15H,7,9,11-13H2,1-5H3. The summed E-state index contributed by atoms with van der Waals surface area (Å²) >= 11 is 0. The van der Waals surface area contributed by atoms with Crippen LogP contribution in [-0.4, -0.2) is 59.1 Å². The Morgan fingerprint density at radius 1 is 1.36 bits per heavy atom. The molecule has 1 aliphatic heterocycles. The quantitative estimate of drug-likeness (QED) is 0.843. The summed E-state index contributed by atoms with van der Waals surface area (Å²) in [5.41, 5.74) is 0.821. The molecule has 0 bridgehead atoms. The normalized spacial score (nSPS) is 18.0. The Morgan fingerprint density at radius 2 is 2.08 bits per heavy atom. The van der Waals surface area contributed by atoms with Crippen LogP contribution in [0.5, 0.6) is 0 Å². The number of ether oxygens (including phenoxy) is 1. The van der Waals surface area contributed by atoms with E-state index >= 15 is 0 Å². The number of carbonyl (C=O) groups is 2. The van der Waals surface area contributed by atoms with Gasteiger partial charge in [0, 0.05) is 32.4 Å². The van der Waals surface area contributed by atoms with Crippen molar-refractivity contribution in [2.24, 2.45) is 5.92 Å². The molecule has 0 spiro atoms. The molecule has 1 aliphatic rings. The highest BCUT2D eigenvalue weighted by Crippen LogP contribution is 2.20. The van der Waals surface area contributed by atoms with Gasteiger partial charge in [-0.15, -0.1) is 0 Å². The number of likely N-dealkylation sites (tertiary alicyclic amines) is 1. The summed E-state index contributed by atoms with van der Waals surface area (Å²) in [4.78, 5) is 32.6. The summed E-state index contributed by atoms with van der Waals surface area (Å²) in [7, 11) is 1.75. The number of aryl methyl sites for hydroxylation is 1. The predicted molar refractivity (Wildman–Crippen MR) is 96.5 cm³/mol. The Labute approximate surface area is 150 Å². The number of hydrogen-bond donors (Lipinski definition) is 0. The minimum Gasteiger partial charge on any atom is -0.444 e. The van der Waals surface area contributed by atoms with E-state index < -0.39 is 5.60 Å². The zero-order valence-corrected chi connectivity index (χ0v) is 15.9. The minimum atomic E-state index is -0.503. The van der Waals surface area contributed by atoms with Crippen molar-refractivity contribution in [3.63, 3.8) is 0 Å². The summed E-state index contributed by atoms with van der Waals surface area (Å²) in [6, 6.07) is 5.49. The van der Waals surface area contributed by atoms with Gasteiger partial charge in [0.05, 0.1) is 0 Å². The zero-order chi connectivity index (χ0) is 18.6. The Morgan fingerprint density at radius 3 is 2.72 bits per heavy atom. The van der Waals surface area contributed by atoms with Gasteiger partial charge in [0.1, 0.15) is 11.3 Å². The number of carbonyl (C=O) groups excluding carboxylic acids is 2. The van der Waals surface area contributed by atoms with Gasteiger partial charge < -0.3 is 14.5 Å². The highest BCUT2D eigenvalue weighted by atomic mass is 16.6. The lowest BCUT2D eigenvalue weighted by molar-refractivity contribution is 0.0244. The van der Waals surface area contributed by atoms with Crippen molar-refractivity contribution in [1.29, 1.82) is 0 Å². The first-order valence-electron chi connectivity index (χ1n) is 8.83. The van der Waals surface area contributed by atoms with Gasteiger partial charge in [-0.25, -0.2) is 9.78 Å². The van der Waals surface area contributed by atoms with Crippen molar-refractivity contribution in [1.82, 2.24) is 14.8 Å². The van der Waals surface area contributed by atoms with Gasteiger partial charge in [-0.1, -0.05) is 6.07 Å². The Hall–Kier alpha value is -2.11. The minimum absolute atomic E-state index is 0.0340. The molecule has 0 N–H and O–H groups in total. The Balaban J connectivity index is 1.94.